The van der Waals surface area contributed by atoms with Crippen molar-refractivity contribution >= 4 is 33.5 Å². The molecule has 5 nitrogen and oxygen atoms in total. The van der Waals surface area contributed by atoms with E-state index < -0.39 is 18.0 Å². The maximum absolute atomic E-state index is 11.3. The SMILES string of the molecule is C=CC(=O)OC(C)COc1c2ccccc2cc2ccc(C(=O)O)cc12. The molecule has 132 valence electrons. The summed E-state index contributed by atoms with van der Waals surface area (Å²) < 4.78 is 11.1. The molecule has 0 radical (unpaired) electrons. The molecule has 0 amide bonds. The molecule has 0 aliphatic rings. The minimum Gasteiger partial charge on any atom is -0.488 e. The second-order valence-corrected chi connectivity index (χ2v) is 5.93. The molecule has 1 unspecified atom stereocenters. The van der Waals surface area contributed by atoms with E-state index in [1.165, 1.54) is 0 Å². The molecule has 0 saturated carbocycles. The van der Waals surface area contributed by atoms with Gasteiger partial charge >= 0.3 is 11.9 Å². The molecule has 3 aromatic carbocycles. The van der Waals surface area contributed by atoms with Crippen LogP contribution in [0.1, 0.15) is 17.3 Å². The Kier molecular flexibility index (Phi) is 4.89. The predicted octanol–water partition coefficient (Wildman–Crippen LogP) is 4.19. The van der Waals surface area contributed by atoms with Crippen LogP contribution in [0.25, 0.3) is 21.5 Å². The summed E-state index contributed by atoms with van der Waals surface area (Å²) in [5, 5.41) is 12.7. The Hall–Kier alpha value is -3.34. The van der Waals surface area contributed by atoms with E-state index in [0.29, 0.717) is 11.1 Å². The summed E-state index contributed by atoms with van der Waals surface area (Å²) >= 11 is 0. The molecule has 0 saturated heterocycles. The van der Waals surface area contributed by atoms with E-state index >= 15 is 0 Å². The van der Waals surface area contributed by atoms with Crippen molar-refractivity contribution in [3.63, 3.8) is 0 Å². The number of rotatable bonds is 6. The Morgan fingerprint density at radius 2 is 1.85 bits per heavy atom. The Morgan fingerprint density at radius 3 is 2.58 bits per heavy atom. The summed E-state index contributed by atoms with van der Waals surface area (Å²) in [5.41, 5.74) is 0.184. The normalized spacial score (nSPS) is 11.9. The van der Waals surface area contributed by atoms with Gasteiger partial charge in [-0.15, -0.1) is 0 Å². The van der Waals surface area contributed by atoms with E-state index in [9.17, 15) is 14.7 Å². The second kappa shape index (κ2) is 7.27. The number of fused-ring (bicyclic) bond motifs is 2. The summed E-state index contributed by atoms with van der Waals surface area (Å²) in [6.07, 6.45) is 0.625. The van der Waals surface area contributed by atoms with Crippen molar-refractivity contribution < 1.29 is 24.2 Å². The van der Waals surface area contributed by atoms with Gasteiger partial charge in [0.1, 0.15) is 18.5 Å². The van der Waals surface area contributed by atoms with Crippen LogP contribution in [0.2, 0.25) is 0 Å². The van der Waals surface area contributed by atoms with Crippen molar-refractivity contribution in [1.82, 2.24) is 0 Å². The molecule has 1 atom stereocenters. The fraction of sp³-hybridized carbons (Fsp3) is 0.143. The third-order valence-electron chi connectivity index (χ3n) is 4.01. The number of carbonyl (C=O) groups excluding carboxylic acids is 1. The lowest BCUT2D eigenvalue weighted by Gasteiger charge is -2.17. The molecule has 0 aliphatic carbocycles. The summed E-state index contributed by atoms with van der Waals surface area (Å²) in [5.74, 6) is -0.945. The second-order valence-electron chi connectivity index (χ2n) is 5.93. The molecule has 5 heteroatoms. The number of hydrogen-bond acceptors (Lipinski definition) is 4. The van der Waals surface area contributed by atoms with Crippen molar-refractivity contribution in [2.45, 2.75) is 13.0 Å². The number of carboxylic acids is 1. The van der Waals surface area contributed by atoms with Crippen molar-refractivity contribution in [1.29, 1.82) is 0 Å². The zero-order valence-electron chi connectivity index (χ0n) is 14.3. The molecule has 0 spiro atoms. The van der Waals surface area contributed by atoms with E-state index in [-0.39, 0.29) is 12.2 Å². The van der Waals surface area contributed by atoms with Crippen LogP contribution in [0.3, 0.4) is 0 Å². The lowest BCUT2D eigenvalue weighted by molar-refractivity contribution is -0.143. The first-order valence-electron chi connectivity index (χ1n) is 8.14. The smallest absolute Gasteiger partial charge is 0.335 e. The van der Waals surface area contributed by atoms with Gasteiger partial charge in [0.05, 0.1) is 5.56 Å². The molecule has 0 fully saturated rings. The number of benzene rings is 3. The van der Waals surface area contributed by atoms with Crippen molar-refractivity contribution in [2.75, 3.05) is 6.61 Å². The molecule has 3 rings (SSSR count). The lowest BCUT2D eigenvalue weighted by atomic mass is 10.00. The quantitative estimate of drug-likeness (QED) is 0.410. The van der Waals surface area contributed by atoms with Crippen LogP contribution in [0.4, 0.5) is 0 Å². The van der Waals surface area contributed by atoms with Crippen LogP contribution >= 0.6 is 0 Å². The Labute approximate surface area is 150 Å². The third kappa shape index (κ3) is 3.52. The van der Waals surface area contributed by atoms with Crippen LogP contribution in [0.15, 0.2) is 61.2 Å². The zero-order chi connectivity index (χ0) is 18.7. The van der Waals surface area contributed by atoms with Gasteiger partial charge in [0.15, 0.2) is 0 Å². The van der Waals surface area contributed by atoms with Gasteiger partial charge in [-0.05, 0) is 35.9 Å². The summed E-state index contributed by atoms with van der Waals surface area (Å²) in [6, 6.07) is 14.6. The average Bonchev–Trinajstić information content (AvgIpc) is 2.64. The van der Waals surface area contributed by atoms with Crippen LogP contribution in [0.5, 0.6) is 5.75 Å². The van der Waals surface area contributed by atoms with Gasteiger partial charge in [0, 0.05) is 16.8 Å². The molecule has 0 aromatic heterocycles. The van der Waals surface area contributed by atoms with Crippen LogP contribution < -0.4 is 4.74 Å². The molecule has 0 aliphatic heterocycles. The molecule has 26 heavy (non-hydrogen) atoms. The van der Waals surface area contributed by atoms with Crippen molar-refractivity contribution in [3.05, 3.63) is 66.7 Å². The number of ether oxygens (including phenoxy) is 2. The monoisotopic (exact) mass is 350 g/mol. The van der Waals surface area contributed by atoms with Crippen molar-refractivity contribution in [2.24, 2.45) is 0 Å². The minimum absolute atomic E-state index is 0.139. The average molecular weight is 350 g/mol. The highest BCUT2D eigenvalue weighted by Gasteiger charge is 2.14. The molecule has 3 aromatic rings. The molecule has 1 N–H and O–H groups in total. The fourth-order valence-electron chi connectivity index (χ4n) is 2.79. The highest BCUT2D eigenvalue weighted by atomic mass is 16.6. The number of esters is 1. The first-order valence-corrected chi connectivity index (χ1v) is 8.14. The third-order valence-corrected chi connectivity index (χ3v) is 4.01. The van der Waals surface area contributed by atoms with Crippen LogP contribution in [-0.2, 0) is 9.53 Å². The van der Waals surface area contributed by atoms with E-state index in [2.05, 4.69) is 6.58 Å². The number of hydrogen-bond donors (Lipinski definition) is 1. The number of carbonyl (C=O) groups is 2. The first kappa shape index (κ1) is 17.5. The maximum Gasteiger partial charge on any atom is 0.335 e. The van der Waals surface area contributed by atoms with Crippen LogP contribution in [0, 0.1) is 0 Å². The van der Waals surface area contributed by atoms with Gasteiger partial charge in [0.2, 0.25) is 0 Å². The fourth-order valence-corrected chi connectivity index (χ4v) is 2.79. The van der Waals surface area contributed by atoms with E-state index in [1.807, 2.05) is 30.3 Å². The Balaban J connectivity index is 2.06. The van der Waals surface area contributed by atoms with E-state index in [4.69, 9.17) is 9.47 Å². The topological polar surface area (TPSA) is 72.8 Å². The van der Waals surface area contributed by atoms with Gasteiger partial charge in [-0.1, -0.05) is 36.9 Å². The van der Waals surface area contributed by atoms with Gasteiger partial charge in [-0.2, -0.15) is 0 Å². The highest BCUT2D eigenvalue weighted by Crippen LogP contribution is 2.35. The Bertz CT molecular complexity index is 1010. The van der Waals surface area contributed by atoms with Gasteiger partial charge in [0.25, 0.3) is 0 Å². The minimum atomic E-state index is -1.00. The molecular formula is C21H18O5. The van der Waals surface area contributed by atoms with Crippen LogP contribution in [-0.4, -0.2) is 29.8 Å². The Morgan fingerprint density at radius 1 is 1.12 bits per heavy atom. The largest absolute Gasteiger partial charge is 0.488 e. The standard InChI is InChI=1S/C21H18O5/c1-3-19(22)26-13(2)12-25-20-17-7-5-4-6-14(17)10-15-8-9-16(21(23)24)11-18(15)20/h3-11,13H,1,12H2,2H3,(H,23,24). The summed E-state index contributed by atoms with van der Waals surface area (Å²) in [7, 11) is 0. The number of aromatic carboxylic acids is 1. The van der Waals surface area contributed by atoms with Crippen molar-refractivity contribution in [3.8, 4) is 5.75 Å². The molecule has 0 bridgehead atoms. The summed E-state index contributed by atoms with van der Waals surface area (Å²) in [4.78, 5) is 22.6. The van der Waals surface area contributed by atoms with Gasteiger partial charge in [-0.3, -0.25) is 0 Å². The number of carboxylic acid groups (broad SMARTS) is 1. The van der Waals surface area contributed by atoms with Gasteiger partial charge in [-0.25, -0.2) is 9.59 Å². The molecular weight excluding hydrogens is 332 g/mol. The lowest BCUT2D eigenvalue weighted by Crippen LogP contribution is -2.21. The van der Waals surface area contributed by atoms with E-state index in [1.54, 1.807) is 25.1 Å². The first-order chi connectivity index (χ1) is 12.5. The van der Waals surface area contributed by atoms with Gasteiger partial charge < -0.3 is 14.6 Å². The highest BCUT2D eigenvalue weighted by molar-refractivity contribution is 6.07. The van der Waals surface area contributed by atoms with E-state index in [0.717, 1.165) is 22.2 Å². The maximum atomic E-state index is 11.3. The summed E-state index contributed by atoms with van der Waals surface area (Å²) in [6.45, 7) is 5.23. The molecule has 0 heterocycles. The predicted molar refractivity (Wildman–Crippen MR) is 99.7 cm³/mol. The zero-order valence-corrected chi connectivity index (χ0v) is 14.3.